The normalized spacial score (nSPS) is 15.9. The predicted octanol–water partition coefficient (Wildman–Crippen LogP) is 6.75. The molecule has 0 saturated heterocycles. The lowest BCUT2D eigenvalue weighted by molar-refractivity contribution is -0.117. The molecule has 0 aliphatic carbocycles. The Kier molecular flexibility index (Phi) is 6.55. The second-order valence-corrected chi connectivity index (χ2v) is 10.3. The van der Waals surface area contributed by atoms with Gasteiger partial charge >= 0.3 is 0 Å². The second-order valence-electron chi connectivity index (χ2n) is 8.86. The summed E-state index contributed by atoms with van der Waals surface area (Å²) in [7, 11) is 0. The smallest absolute Gasteiger partial charge is 0.296 e. The van der Waals surface area contributed by atoms with Crippen LogP contribution < -0.4 is 9.64 Å². The maximum absolute atomic E-state index is 13.4. The quantitative estimate of drug-likeness (QED) is 0.257. The van der Waals surface area contributed by atoms with Gasteiger partial charge in [0.05, 0.1) is 34.7 Å². The van der Waals surface area contributed by atoms with Gasteiger partial charge in [-0.25, -0.2) is 4.98 Å². The summed E-state index contributed by atoms with van der Waals surface area (Å²) >= 11 is 7.40. The maximum atomic E-state index is 13.4. The van der Waals surface area contributed by atoms with Gasteiger partial charge in [-0.2, -0.15) is 0 Å². The van der Waals surface area contributed by atoms with Crippen molar-refractivity contribution in [3.63, 3.8) is 0 Å². The number of thiazole rings is 1. The Hall–Kier alpha value is -3.62. The summed E-state index contributed by atoms with van der Waals surface area (Å²) in [5, 5.41) is 11.8. The van der Waals surface area contributed by atoms with Crippen molar-refractivity contribution in [1.29, 1.82) is 0 Å². The van der Waals surface area contributed by atoms with E-state index in [-0.39, 0.29) is 11.3 Å². The lowest BCUT2D eigenvalue weighted by atomic mass is 9.95. The molecule has 9 heteroatoms. The van der Waals surface area contributed by atoms with Crippen LogP contribution in [-0.4, -0.2) is 28.4 Å². The molecule has 0 spiro atoms. The number of ketones is 1. The molecule has 36 heavy (non-hydrogen) atoms. The van der Waals surface area contributed by atoms with Crippen LogP contribution in [0.1, 0.15) is 42.4 Å². The third-order valence-corrected chi connectivity index (χ3v) is 7.13. The van der Waals surface area contributed by atoms with Crippen LogP contribution in [0.4, 0.5) is 5.13 Å². The molecule has 1 atom stereocenters. The molecule has 5 rings (SSSR count). The lowest BCUT2D eigenvalue weighted by Gasteiger charge is -2.24. The topological polar surface area (TPSA) is 92.9 Å². The fourth-order valence-corrected chi connectivity index (χ4v) is 5.33. The van der Waals surface area contributed by atoms with Crippen LogP contribution in [0.2, 0.25) is 5.02 Å². The van der Waals surface area contributed by atoms with E-state index in [4.69, 9.17) is 20.8 Å². The number of aliphatic hydroxyl groups is 1. The summed E-state index contributed by atoms with van der Waals surface area (Å²) in [6.07, 6.45) is 2.25. The molecule has 0 bridgehead atoms. The molecule has 0 radical (unpaired) electrons. The van der Waals surface area contributed by atoms with Gasteiger partial charge < -0.3 is 14.3 Å². The summed E-state index contributed by atoms with van der Waals surface area (Å²) < 4.78 is 12.0. The SMILES string of the molecule is CC(C)CCOc1cccc(C2C(C(=O)c3ccco3)=C(O)C(=O)N2c2nc3ccc(Cl)cc3s2)c1. The minimum atomic E-state index is -0.931. The summed E-state index contributed by atoms with van der Waals surface area (Å²) in [5.74, 6) is -0.810. The van der Waals surface area contributed by atoms with E-state index in [1.165, 1.54) is 28.6 Å². The van der Waals surface area contributed by atoms with Gasteiger partial charge in [0.15, 0.2) is 16.7 Å². The van der Waals surface area contributed by atoms with E-state index in [9.17, 15) is 14.7 Å². The van der Waals surface area contributed by atoms with E-state index in [1.807, 2.05) is 6.07 Å². The Morgan fingerprint density at radius 1 is 1.22 bits per heavy atom. The zero-order chi connectivity index (χ0) is 25.4. The van der Waals surface area contributed by atoms with E-state index in [1.54, 1.807) is 42.5 Å². The van der Waals surface area contributed by atoms with Crippen molar-refractivity contribution < 1.29 is 23.8 Å². The molecule has 1 unspecified atom stereocenters. The largest absolute Gasteiger partial charge is 0.503 e. The number of anilines is 1. The predicted molar refractivity (Wildman–Crippen MR) is 139 cm³/mol. The molecule has 1 N–H and O–H groups in total. The molecular formula is C27H23ClN2O5S. The Bertz CT molecular complexity index is 1470. The van der Waals surface area contributed by atoms with Gasteiger partial charge in [0.2, 0.25) is 5.78 Å². The molecular weight excluding hydrogens is 500 g/mol. The van der Waals surface area contributed by atoms with Gasteiger partial charge in [0, 0.05) is 5.02 Å². The summed E-state index contributed by atoms with van der Waals surface area (Å²) in [6, 6.07) is 14.6. The van der Waals surface area contributed by atoms with E-state index < -0.39 is 23.5 Å². The number of benzene rings is 2. The first kappa shape index (κ1) is 24.1. The Labute approximate surface area is 216 Å². The average Bonchev–Trinajstić information content (AvgIpc) is 3.57. The van der Waals surface area contributed by atoms with Crippen LogP contribution in [0.3, 0.4) is 0 Å². The number of hydrogen-bond acceptors (Lipinski definition) is 7. The second kappa shape index (κ2) is 9.79. The van der Waals surface area contributed by atoms with Crippen LogP contribution in [0.25, 0.3) is 10.2 Å². The first-order valence-electron chi connectivity index (χ1n) is 11.5. The van der Waals surface area contributed by atoms with E-state index >= 15 is 0 Å². The fraction of sp³-hybridized carbons (Fsp3) is 0.222. The number of amides is 1. The highest BCUT2D eigenvalue weighted by Crippen LogP contribution is 2.45. The highest BCUT2D eigenvalue weighted by Gasteiger charge is 2.46. The molecule has 3 heterocycles. The molecule has 7 nitrogen and oxygen atoms in total. The standard InChI is InChI=1S/C27H23ClN2O5S/c1-15(2)10-12-34-18-6-3-5-16(13-18)23-22(24(31)20-7-4-11-35-20)25(32)26(33)30(23)27-29-19-9-8-17(28)14-21(19)36-27/h3-9,11,13-15,23,32H,10,12H2,1-2H3. The molecule has 2 aromatic carbocycles. The first-order valence-corrected chi connectivity index (χ1v) is 12.7. The van der Waals surface area contributed by atoms with Crippen LogP contribution in [0.5, 0.6) is 5.75 Å². The van der Waals surface area contributed by atoms with E-state index in [0.29, 0.717) is 39.5 Å². The summed E-state index contributed by atoms with van der Waals surface area (Å²) in [5.41, 5.74) is 1.18. The van der Waals surface area contributed by atoms with Crippen molar-refractivity contribution in [1.82, 2.24) is 4.98 Å². The molecule has 2 aromatic heterocycles. The van der Waals surface area contributed by atoms with Gasteiger partial charge in [-0.1, -0.05) is 48.9 Å². The van der Waals surface area contributed by atoms with Crippen LogP contribution in [-0.2, 0) is 4.79 Å². The highest BCUT2D eigenvalue weighted by atomic mass is 35.5. The number of aromatic nitrogens is 1. The van der Waals surface area contributed by atoms with E-state index in [2.05, 4.69) is 18.8 Å². The minimum absolute atomic E-state index is 0.0246. The van der Waals surface area contributed by atoms with Crippen molar-refractivity contribution in [2.75, 3.05) is 11.5 Å². The molecule has 1 amide bonds. The van der Waals surface area contributed by atoms with Crippen molar-refractivity contribution in [2.24, 2.45) is 5.92 Å². The van der Waals surface area contributed by atoms with Crippen molar-refractivity contribution in [2.45, 2.75) is 26.3 Å². The number of fused-ring (bicyclic) bond motifs is 1. The highest BCUT2D eigenvalue weighted by molar-refractivity contribution is 7.22. The lowest BCUT2D eigenvalue weighted by Crippen LogP contribution is -2.31. The first-order chi connectivity index (χ1) is 17.3. The van der Waals surface area contributed by atoms with Crippen LogP contribution >= 0.6 is 22.9 Å². The number of carbonyl (C=O) groups excluding carboxylic acids is 2. The van der Waals surface area contributed by atoms with Crippen molar-refractivity contribution >= 4 is 50.0 Å². The average molecular weight is 523 g/mol. The Morgan fingerprint density at radius 3 is 2.81 bits per heavy atom. The number of hydrogen-bond donors (Lipinski definition) is 1. The number of carbonyl (C=O) groups is 2. The minimum Gasteiger partial charge on any atom is -0.503 e. The van der Waals surface area contributed by atoms with Crippen LogP contribution in [0.15, 0.2) is 76.6 Å². The van der Waals surface area contributed by atoms with Gasteiger partial charge in [0.1, 0.15) is 5.75 Å². The van der Waals surface area contributed by atoms with Crippen LogP contribution in [0, 0.1) is 5.92 Å². The number of ether oxygens (including phenoxy) is 1. The van der Waals surface area contributed by atoms with Gasteiger partial charge in [-0.15, -0.1) is 0 Å². The zero-order valence-corrected chi connectivity index (χ0v) is 21.2. The molecule has 1 aliphatic heterocycles. The monoisotopic (exact) mass is 522 g/mol. The third-order valence-electron chi connectivity index (χ3n) is 5.88. The summed E-state index contributed by atoms with van der Waals surface area (Å²) in [6.45, 7) is 4.77. The molecule has 0 fully saturated rings. The molecule has 0 saturated carbocycles. The number of rotatable bonds is 8. The number of halogens is 1. The van der Waals surface area contributed by atoms with E-state index in [0.717, 1.165) is 11.1 Å². The molecule has 184 valence electrons. The number of nitrogens with zero attached hydrogens (tertiary/aromatic N) is 2. The number of aliphatic hydroxyl groups excluding tert-OH is 1. The third kappa shape index (κ3) is 4.50. The van der Waals surface area contributed by atoms with Crippen molar-refractivity contribution in [3.05, 3.63) is 88.5 Å². The maximum Gasteiger partial charge on any atom is 0.296 e. The molecule has 4 aromatic rings. The van der Waals surface area contributed by atoms with Gasteiger partial charge in [-0.05, 0) is 60.4 Å². The van der Waals surface area contributed by atoms with Gasteiger partial charge in [0.25, 0.3) is 5.91 Å². The van der Waals surface area contributed by atoms with Crippen molar-refractivity contribution in [3.8, 4) is 5.75 Å². The number of furan rings is 1. The Morgan fingerprint density at radius 2 is 2.06 bits per heavy atom. The molecule has 1 aliphatic rings. The van der Waals surface area contributed by atoms with Gasteiger partial charge in [-0.3, -0.25) is 14.5 Å². The zero-order valence-electron chi connectivity index (χ0n) is 19.6. The fourth-order valence-electron chi connectivity index (χ4n) is 4.07. The number of Topliss-reactive ketones (excluding diaryl/α,β-unsaturated/α-hetero) is 1. The summed E-state index contributed by atoms with van der Waals surface area (Å²) in [4.78, 5) is 32.8. The Balaban J connectivity index is 1.60.